The van der Waals surface area contributed by atoms with Gasteiger partial charge in [0.1, 0.15) is 0 Å². The van der Waals surface area contributed by atoms with Crippen molar-refractivity contribution in [3.63, 3.8) is 0 Å². The minimum atomic E-state index is -0.248. The summed E-state index contributed by atoms with van der Waals surface area (Å²) in [6.45, 7) is 4.94. The standard InChI is InChI=1S/C9H20N2OS/c1-9(2,7-8(10)12)11-5-4-6-13-3/h11H,4-7H2,1-3H3,(H2,10,12). The second-order valence-electron chi connectivity index (χ2n) is 3.80. The molecule has 4 heteroatoms. The Balaban J connectivity index is 3.56. The van der Waals surface area contributed by atoms with E-state index in [2.05, 4.69) is 11.6 Å². The van der Waals surface area contributed by atoms with Gasteiger partial charge in [0.15, 0.2) is 0 Å². The first kappa shape index (κ1) is 12.8. The summed E-state index contributed by atoms with van der Waals surface area (Å²) in [6.07, 6.45) is 3.62. The Morgan fingerprint density at radius 1 is 1.54 bits per heavy atom. The number of carbonyl (C=O) groups excluding carboxylic acids is 1. The molecule has 0 aliphatic carbocycles. The molecule has 0 saturated heterocycles. The molecule has 0 aromatic heterocycles. The second-order valence-corrected chi connectivity index (χ2v) is 4.79. The minimum absolute atomic E-state index is 0.162. The molecule has 0 radical (unpaired) electrons. The van der Waals surface area contributed by atoms with E-state index >= 15 is 0 Å². The van der Waals surface area contributed by atoms with Crippen LogP contribution in [-0.4, -0.2) is 30.0 Å². The van der Waals surface area contributed by atoms with Crippen molar-refractivity contribution in [3.05, 3.63) is 0 Å². The van der Waals surface area contributed by atoms with Crippen LogP contribution in [0.15, 0.2) is 0 Å². The molecule has 0 spiro atoms. The Bertz CT molecular complexity index is 160. The SMILES string of the molecule is CSCCCNC(C)(C)CC(N)=O. The van der Waals surface area contributed by atoms with Gasteiger partial charge in [-0.2, -0.15) is 11.8 Å². The van der Waals surface area contributed by atoms with Crippen molar-refractivity contribution in [3.8, 4) is 0 Å². The third-order valence-electron chi connectivity index (χ3n) is 1.74. The Morgan fingerprint density at radius 3 is 2.62 bits per heavy atom. The van der Waals surface area contributed by atoms with Crippen molar-refractivity contribution in [2.24, 2.45) is 5.73 Å². The highest BCUT2D eigenvalue weighted by molar-refractivity contribution is 7.98. The van der Waals surface area contributed by atoms with Gasteiger partial charge in [-0.05, 0) is 38.8 Å². The molecule has 0 bridgehead atoms. The molecular formula is C9H20N2OS. The Hall–Kier alpha value is -0.220. The molecule has 0 saturated carbocycles. The first-order valence-electron chi connectivity index (χ1n) is 4.50. The minimum Gasteiger partial charge on any atom is -0.370 e. The van der Waals surface area contributed by atoms with Crippen molar-refractivity contribution < 1.29 is 4.79 Å². The number of thioether (sulfide) groups is 1. The number of nitrogens with two attached hydrogens (primary N) is 1. The van der Waals surface area contributed by atoms with E-state index in [1.165, 1.54) is 0 Å². The third kappa shape index (κ3) is 8.12. The van der Waals surface area contributed by atoms with Gasteiger partial charge >= 0.3 is 0 Å². The van der Waals surface area contributed by atoms with Crippen LogP contribution in [0.3, 0.4) is 0 Å². The normalized spacial score (nSPS) is 11.6. The molecule has 0 aliphatic heterocycles. The monoisotopic (exact) mass is 204 g/mol. The van der Waals surface area contributed by atoms with Crippen molar-refractivity contribution >= 4 is 17.7 Å². The van der Waals surface area contributed by atoms with E-state index in [4.69, 9.17) is 5.73 Å². The van der Waals surface area contributed by atoms with Crippen LogP contribution in [0.5, 0.6) is 0 Å². The maximum absolute atomic E-state index is 10.7. The van der Waals surface area contributed by atoms with E-state index in [0.717, 1.165) is 18.7 Å². The van der Waals surface area contributed by atoms with E-state index in [1.807, 2.05) is 25.6 Å². The summed E-state index contributed by atoms with van der Waals surface area (Å²) in [6, 6.07) is 0. The van der Waals surface area contributed by atoms with Crippen LogP contribution in [0.4, 0.5) is 0 Å². The molecule has 0 aromatic rings. The highest BCUT2D eigenvalue weighted by atomic mass is 32.2. The van der Waals surface area contributed by atoms with Crippen LogP contribution in [-0.2, 0) is 4.79 Å². The van der Waals surface area contributed by atoms with Crippen molar-refractivity contribution in [2.45, 2.75) is 32.2 Å². The fourth-order valence-electron chi connectivity index (χ4n) is 1.14. The van der Waals surface area contributed by atoms with Crippen LogP contribution < -0.4 is 11.1 Å². The first-order chi connectivity index (χ1) is 5.98. The lowest BCUT2D eigenvalue weighted by Crippen LogP contribution is -2.43. The van der Waals surface area contributed by atoms with Gasteiger partial charge in [0, 0.05) is 12.0 Å². The highest BCUT2D eigenvalue weighted by Gasteiger charge is 2.18. The molecular weight excluding hydrogens is 184 g/mol. The van der Waals surface area contributed by atoms with Crippen molar-refractivity contribution in [1.29, 1.82) is 0 Å². The summed E-state index contributed by atoms with van der Waals surface area (Å²) in [5.74, 6) is 0.905. The van der Waals surface area contributed by atoms with Gasteiger partial charge in [-0.3, -0.25) is 4.79 Å². The van der Waals surface area contributed by atoms with E-state index in [9.17, 15) is 4.79 Å². The highest BCUT2D eigenvalue weighted by Crippen LogP contribution is 2.07. The smallest absolute Gasteiger partial charge is 0.219 e. The van der Waals surface area contributed by atoms with Gasteiger partial charge in [0.25, 0.3) is 0 Å². The van der Waals surface area contributed by atoms with Crippen LogP contribution in [0.25, 0.3) is 0 Å². The predicted octanol–water partition coefficient (Wildman–Crippen LogP) is 0.983. The number of hydrogen-bond acceptors (Lipinski definition) is 3. The number of primary amides is 1. The molecule has 0 heterocycles. The van der Waals surface area contributed by atoms with Crippen LogP contribution in [0.2, 0.25) is 0 Å². The fourth-order valence-corrected chi connectivity index (χ4v) is 1.57. The summed E-state index contributed by atoms with van der Waals surface area (Å²) in [5.41, 5.74) is 4.96. The average Bonchev–Trinajstić information content (AvgIpc) is 1.95. The molecule has 0 atom stereocenters. The molecule has 0 aromatic carbocycles. The zero-order valence-electron chi connectivity index (χ0n) is 8.72. The molecule has 0 aliphatic rings. The van der Waals surface area contributed by atoms with E-state index in [1.54, 1.807) is 0 Å². The zero-order chi connectivity index (χ0) is 10.3. The Labute approximate surface area is 84.8 Å². The molecule has 1 amide bonds. The second kappa shape index (κ2) is 6.27. The van der Waals surface area contributed by atoms with Crippen molar-refractivity contribution in [1.82, 2.24) is 5.32 Å². The summed E-state index contributed by atoms with van der Waals surface area (Å²) in [4.78, 5) is 10.7. The molecule has 0 rings (SSSR count). The first-order valence-corrected chi connectivity index (χ1v) is 5.89. The summed E-state index contributed by atoms with van der Waals surface area (Å²) in [7, 11) is 0. The van der Waals surface area contributed by atoms with Gasteiger partial charge in [0.05, 0.1) is 0 Å². The Morgan fingerprint density at radius 2 is 2.15 bits per heavy atom. The summed E-state index contributed by atoms with van der Waals surface area (Å²) in [5, 5.41) is 3.31. The summed E-state index contributed by atoms with van der Waals surface area (Å²) >= 11 is 1.83. The number of hydrogen-bond donors (Lipinski definition) is 2. The van der Waals surface area contributed by atoms with E-state index in [-0.39, 0.29) is 11.4 Å². The van der Waals surface area contributed by atoms with Gasteiger partial charge in [0.2, 0.25) is 5.91 Å². The van der Waals surface area contributed by atoms with Gasteiger partial charge in [-0.15, -0.1) is 0 Å². The largest absolute Gasteiger partial charge is 0.370 e. The Kier molecular flexibility index (Phi) is 6.16. The summed E-state index contributed by atoms with van der Waals surface area (Å²) < 4.78 is 0. The lowest BCUT2D eigenvalue weighted by molar-refractivity contribution is -0.119. The predicted molar refractivity (Wildman–Crippen MR) is 58.9 cm³/mol. The van der Waals surface area contributed by atoms with Crippen LogP contribution in [0, 0.1) is 0 Å². The quantitative estimate of drug-likeness (QED) is 0.608. The number of amides is 1. The molecule has 3 nitrogen and oxygen atoms in total. The topological polar surface area (TPSA) is 55.1 Å². The lowest BCUT2D eigenvalue weighted by atomic mass is 10.0. The van der Waals surface area contributed by atoms with Gasteiger partial charge in [-0.25, -0.2) is 0 Å². The van der Waals surface area contributed by atoms with Gasteiger partial charge in [-0.1, -0.05) is 0 Å². The zero-order valence-corrected chi connectivity index (χ0v) is 9.54. The van der Waals surface area contributed by atoms with Gasteiger partial charge < -0.3 is 11.1 Å². The molecule has 0 fully saturated rings. The molecule has 0 unspecified atom stereocenters. The maximum Gasteiger partial charge on any atom is 0.219 e. The van der Waals surface area contributed by atoms with E-state index < -0.39 is 0 Å². The van der Waals surface area contributed by atoms with Crippen LogP contribution in [0.1, 0.15) is 26.7 Å². The number of nitrogens with one attached hydrogen (secondary N) is 1. The average molecular weight is 204 g/mol. The number of rotatable bonds is 7. The fraction of sp³-hybridized carbons (Fsp3) is 0.889. The lowest BCUT2D eigenvalue weighted by Gasteiger charge is -2.24. The third-order valence-corrected chi connectivity index (χ3v) is 2.44. The molecule has 13 heavy (non-hydrogen) atoms. The number of carbonyl (C=O) groups is 1. The van der Waals surface area contributed by atoms with E-state index in [0.29, 0.717) is 6.42 Å². The molecule has 3 N–H and O–H groups in total. The van der Waals surface area contributed by atoms with Crippen molar-refractivity contribution in [2.75, 3.05) is 18.6 Å². The maximum atomic E-state index is 10.7. The van der Waals surface area contributed by atoms with Crippen LogP contribution >= 0.6 is 11.8 Å². The molecule has 78 valence electrons.